The second kappa shape index (κ2) is 17.2. The Morgan fingerprint density at radius 3 is 2.35 bits per heavy atom. The van der Waals surface area contributed by atoms with Crippen LogP contribution in [0.3, 0.4) is 0 Å². The van der Waals surface area contributed by atoms with E-state index in [1.807, 2.05) is 36.0 Å². The molecule has 0 spiro atoms. The van der Waals surface area contributed by atoms with Crippen LogP contribution >= 0.6 is 11.8 Å². The molecule has 218 valence electrons. The predicted octanol–water partition coefficient (Wildman–Crippen LogP) is 2.90. The zero-order chi connectivity index (χ0) is 28.6. The third-order valence-electron chi connectivity index (χ3n) is 6.42. The van der Waals surface area contributed by atoms with Crippen molar-refractivity contribution in [3.8, 4) is 5.88 Å². The van der Waals surface area contributed by atoms with Crippen LogP contribution in [0.15, 0.2) is 36.5 Å². The van der Waals surface area contributed by atoms with Gasteiger partial charge in [0.1, 0.15) is 6.61 Å². The standard InChI is InChI=1S/C23H33N5O3.C5H8N2OS/c1-2-3-7-20(29)25-14-6-4-5-8-21(30)27-16-18-9-11-19(12-10-18)17-31-22-13-15-26-23(24)28-22;8-5-6-3-1-9-2-4(3)7-5/h9-13,15H,2-8,14,16-17H2,1H3,(H,25,29)(H,27,30)(H2,24,26,28);3-4H,1-2H2,(H2,6,7,8). The number of nitrogens with zero attached hydrogens (tertiary/aromatic N) is 2. The van der Waals surface area contributed by atoms with Crippen molar-refractivity contribution in [1.29, 1.82) is 0 Å². The van der Waals surface area contributed by atoms with Gasteiger partial charge in [-0.1, -0.05) is 44.0 Å². The maximum Gasteiger partial charge on any atom is 0.315 e. The number of ether oxygens (including phenoxy) is 1. The van der Waals surface area contributed by atoms with Crippen molar-refractivity contribution in [2.24, 2.45) is 0 Å². The molecule has 1 aromatic carbocycles. The monoisotopic (exact) mass is 571 g/mol. The number of carbonyl (C=O) groups is 3. The normalized spacial score (nSPS) is 17.1. The summed E-state index contributed by atoms with van der Waals surface area (Å²) in [4.78, 5) is 42.0. The third-order valence-corrected chi connectivity index (χ3v) is 7.61. The number of rotatable bonds is 14. The molecule has 1 aromatic heterocycles. The summed E-state index contributed by atoms with van der Waals surface area (Å²) in [6, 6.07) is 10.3. The first-order valence-corrected chi connectivity index (χ1v) is 15.1. The van der Waals surface area contributed by atoms with E-state index < -0.39 is 0 Å². The summed E-state index contributed by atoms with van der Waals surface area (Å²) >= 11 is 1.89. The average molecular weight is 572 g/mol. The number of anilines is 1. The first-order chi connectivity index (χ1) is 19.4. The van der Waals surface area contributed by atoms with Gasteiger partial charge in [0, 0.05) is 49.7 Å². The first-order valence-electron chi connectivity index (χ1n) is 13.9. The van der Waals surface area contributed by atoms with Crippen LogP contribution in [0.5, 0.6) is 5.88 Å². The van der Waals surface area contributed by atoms with Gasteiger partial charge in [-0.3, -0.25) is 9.59 Å². The number of hydrogen-bond acceptors (Lipinski definition) is 8. The van der Waals surface area contributed by atoms with E-state index in [1.54, 1.807) is 12.3 Å². The Morgan fingerprint density at radius 1 is 0.975 bits per heavy atom. The number of benzene rings is 1. The molecule has 2 aromatic rings. The summed E-state index contributed by atoms with van der Waals surface area (Å²) in [5.74, 6) is 2.92. The lowest BCUT2D eigenvalue weighted by Gasteiger charge is -2.08. The van der Waals surface area contributed by atoms with Crippen LogP contribution in [-0.4, -0.2) is 57.9 Å². The molecule has 40 heavy (non-hydrogen) atoms. The van der Waals surface area contributed by atoms with Gasteiger partial charge in [0.05, 0.1) is 12.1 Å². The highest BCUT2D eigenvalue weighted by molar-refractivity contribution is 7.99. The van der Waals surface area contributed by atoms with Gasteiger partial charge >= 0.3 is 6.03 Å². The molecule has 2 unspecified atom stereocenters. The van der Waals surface area contributed by atoms with E-state index in [-0.39, 0.29) is 23.8 Å². The number of amides is 4. The summed E-state index contributed by atoms with van der Waals surface area (Å²) in [5, 5.41) is 11.6. The van der Waals surface area contributed by atoms with Gasteiger partial charge in [0.15, 0.2) is 0 Å². The maximum absolute atomic E-state index is 12.0. The molecule has 0 bridgehead atoms. The van der Waals surface area contributed by atoms with Crippen LogP contribution in [0.25, 0.3) is 0 Å². The molecule has 12 heteroatoms. The Kier molecular flexibility index (Phi) is 13.3. The van der Waals surface area contributed by atoms with Crippen molar-refractivity contribution < 1.29 is 19.1 Å². The Balaban J connectivity index is 0.000000407. The fourth-order valence-electron chi connectivity index (χ4n) is 4.09. The minimum atomic E-state index is 0.00491. The van der Waals surface area contributed by atoms with Crippen LogP contribution in [0.4, 0.5) is 10.7 Å². The van der Waals surface area contributed by atoms with Crippen LogP contribution in [0, 0.1) is 0 Å². The Bertz CT molecular complexity index is 1070. The molecule has 2 aliphatic heterocycles. The van der Waals surface area contributed by atoms with Gasteiger partial charge in [-0.2, -0.15) is 16.7 Å². The number of urea groups is 1. The van der Waals surface area contributed by atoms with Crippen LogP contribution in [0.1, 0.15) is 63.0 Å². The minimum Gasteiger partial charge on any atom is -0.473 e. The Hall–Kier alpha value is -3.54. The minimum absolute atomic E-state index is 0.00491. The van der Waals surface area contributed by atoms with Crippen molar-refractivity contribution in [2.75, 3.05) is 23.8 Å². The number of carbonyl (C=O) groups excluding carboxylic acids is 3. The molecule has 2 aliphatic rings. The summed E-state index contributed by atoms with van der Waals surface area (Å²) in [6.45, 7) is 3.63. The van der Waals surface area contributed by atoms with Gasteiger partial charge in [-0.25, -0.2) is 9.78 Å². The maximum atomic E-state index is 12.0. The van der Waals surface area contributed by atoms with Crippen molar-refractivity contribution in [3.05, 3.63) is 47.7 Å². The van der Waals surface area contributed by atoms with Crippen molar-refractivity contribution >= 4 is 35.6 Å². The smallest absolute Gasteiger partial charge is 0.315 e. The van der Waals surface area contributed by atoms with E-state index in [1.165, 1.54) is 0 Å². The van der Waals surface area contributed by atoms with E-state index in [2.05, 4.69) is 38.2 Å². The molecule has 2 saturated heterocycles. The molecule has 2 atom stereocenters. The molecule has 4 rings (SSSR count). The van der Waals surface area contributed by atoms with Gasteiger partial charge < -0.3 is 31.7 Å². The lowest BCUT2D eigenvalue weighted by atomic mass is 10.1. The molecular weight excluding hydrogens is 530 g/mol. The largest absolute Gasteiger partial charge is 0.473 e. The van der Waals surface area contributed by atoms with Crippen LogP contribution in [0.2, 0.25) is 0 Å². The fourth-order valence-corrected chi connectivity index (χ4v) is 5.37. The molecule has 0 saturated carbocycles. The Labute approximate surface area is 240 Å². The number of nitrogen functional groups attached to an aromatic ring is 1. The van der Waals surface area contributed by atoms with Crippen molar-refractivity contribution in [3.63, 3.8) is 0 Å². The van der Waals surface area contributed by atoms with Gasteiger partial charge in [-0.05, 0) is 30.4 Å². The van der Waals surface area contributed by atoms with Crippen LogP contribution < -0.4 is 31.7 Å². The molecule has 4 amide bonds. The quantitative estimate of drug-likeness (QED) is 0.171. The molecule has 0 radical (unpaired) electrons. The zero-order valence-electron chi connectivity index (χ0n) is 23.1. The molecule has 6 N–H and O–H groups in total. The van der Waals surface area contributed by atoms with Crippen molar-refractivity contribution in [2.45, 2.75) is 77.1 Å². The van der Waals surface area contributed by atoms with E-state index >= 15 is 0 Å². The van der Waals surface area contributed by atoms with Crippen molar-refractivity contribution in [1.82, 2.24) is 31.2 Å². The number of aromatic nitrogens is 2. The molecular formula is C28H41N7O4S. The van der Waals surface area contributed by atoms with E-state index in [9.17, 15) is 14.4 Å². The number of nitrogens with two attached hydrogens (primary N) is 1. The molecule has 3 heterocycles. The van der Waals surface area contributed by atoms with Gasteiger partial charge in [-0.15, -0.1) is 0 Å². The first kappa shape index (κ1) is 31.0. The second-order valence-corrected chi connectivity index (χ2v) is 10.8. The second-order valence-electron chi connectivity index (χ2n) is 9.77. The number of hydrogen-bond donors (Lipinski definition) is 5. The van der Waals surface area contributed by atoms with E-state index in [0.717, 1.165) is 54.7 Å². The predicted molar refractivity (Wildman–Crippen MR) is 157 cm³/mol. The number of thioether (sulfide) groups is 1. The zero-order valence-corrected chi connectivity index (χ0v) is 23.9. The van der Waals surface area contributed by atoms with Gasteiger partial charge in [0.2, 0.25) is 23.6 Å². The lowest BCUT2D eigenvalue weighted by molar-refractivity contribution is -0.122. The average Bonchev–Trinajstić information content (AvgIpc) is 3.53. The topological polar surface area (TPSA) is 160 Å². The molecule has 0 aliphatic carbocycles. The SMILES string of the molecule is CCCCC(=O)NCCCCCC(=O)NCc1ccc(COc2ccnc(N)n2)cc1.O=C1NC2CSCC2N1. The number of unbranched alkanes of at least 4 members (excludes halogenated alkanes) is 3. The molecule has 2 fully saturated rings. The number of nitrogens with one attached hydrogen (secondary N) is 4. The summed E-state index contributed by atoms with van der Waals surface area (Å²) in [5.41, 5.74) is 7.55. The number of fused-ring (bicyclic) bond motifs is 1. The highest BCUT2D eigenvalue weighted by Crippen LogP contribution is 2.20. The van der Waals surface area contributed by atoms with Gasteiger partial charge in [0.25, 0.3) is 0 Å². The summed E-state index contributed by atoms with van der Waals surface area (Å²) in [7, 11) is 0. The lowest BCUT2D eigenvalue weighted by Crippen LogP contribution is -2.31. The Morgan fingerprint density at radius 2 is 1.65 bits per heavy atom. The molecule has 11 nitrogen and oxygen atoms in total. The fraction of sp³-hybridized carbons (Fsp3) is 0.536. The van der Waals surface area contributed by atoms with Crippen LogP contribution in [-0.2, 0) is 22.7 Å². The van der Waals surface area contributed by atoms with E-state index in [4.69, 9.17) is 10.5 Å². The highest BCUT2D eigenvalue weighted by atomic mass is 32.2. The summed E-state index contributed by atoms with van der Waals surface area (Å²) in [6.07, 6.45) is 7.25. The van der Waals surface area contributed by atoms with E-state index in [0.29, 0.717) is 50.5 Å². The summed E-state index contributed by atoms with van der Waals surface area (Å²) < 4.78 is 5.59. The third kappa shape index (κ3) is 11.7. The highest BCUT2D eigenvalue weighted by Gasteiger charge is 2.35.